The average molecular weight is 341 g/mol. The highest BCUT2D eigenvalue weighted by atomic mass is 16.6. The number of amides is 1. The van der Waals surface area contributed by atoms with E-state index in [1.807, 2.05) is 31.2 Å². The van der Waals surface area contributed by atoms with E-state index >= 15 is 0 Å². The summed E-state index contributed by atoms with van der Waals surface area (Å²) in [4.78, 5) is 23.6. The van der Waals surface area contributed by atoms with Gasteiger partial charge in [-0.15, -0.1) is 0 Å². The molecule has 0 saturated heterocycles. The Morgan fingerprint density at radius 2 is 1.80 bits per heavy atom. The van der Waals surface area contributed by atoms with Gasteiger partial charge in [0, 0.05) is 11.5 Å². The van der Waals surface area contributed by atoms with Crippen LogP contribution in [0.4, 0.5) is 0 Å². The van der Waals surface area contributed by atoms with Crippen LogP contribution in [0.15, 0.2) is 48.5 Å². The molecule has 2 atom stereocenters. The van der Waals surface area contributed by atoms with Gasteiger partial charge >= 0.3 is 5.97 Å². The Kier molecular flexibility index (Phi) is 4.88. The van der Waals surface area contributed by atoms with Crippen molar-refractivity contribution < 1.29 is 23.8 Å². The monoisotopic (exact) mass is 341 g/mol. The zero-order valence-electron chi connectivity index (χ0n) is 13.8. The van der Waals surface area contributed by atoms with Crippen LogP contribution in [0, 0.1) is 0 Å². The van der Waals surface area contributed by atoms with Crippen LogP contribution in [-0.4, -0.2) is 31.2 Å². The average Bonchev–Trinajstić information content (AvgIpc) is 2.96. The van der Waals surface area contributed by atoms with Crippen LogP contribution >= 0.6 is 0 Å². The lowest BCUT2D eigenvalue weighted by atomic mass is 9.98. The second-order valence-electron chi connectivity index (χ2n) is 5.74. The summed E-state index contributed by atoms with van der Waals surface area (Å²) < 4.78 is 16.4. The molecule has 6 heteroatoms. The predicted octanol–water partition coefficient (Wildman–Crippen LogP) is 2.27. The number of primary amides is 1. The van der Waals surface area contributed by atoms with Gasteiger partial charge in [0.05, 0.1) is 5.56 Å². The van der Waals surface area contributed by atoms with Crippen LogP contribution in [0.25, 0.3) is 0 Å². The Morgan fingerprint density at radius 1 is 1.08 bits per heavy atom. The summed E-state index contributed by atoms with van der Waals surface area (Å²) in [7, 11) is 0. The van der Waals surface area contributed by atoms with E-state index in [-0.39, 0.29) is 24.7 Å². The van der Waals surface area contributed by atoms with Crippen molar-refractivity contribution in [1.29, 1.82) is 0 Å². The van der Waals surface area contributed by atoms with Gasteiger partial charge in [0.1, 0.15) is 24.7 Å². The minimum atomic E-state index is -0.657. The minimum absolute atomic E-state index is 0.0505. The first kappa shape index (κ1) is 16.8. The maximum absolute atomic E-state index is 12.2. The first-order valence-corrected chi connectivity index (χ1v) is 8.02. The van der Waals surface area contributed by atoms with Crippen molar-refractivity contribution >= 4 is 11.9 Å². The maximum atomic E-state index is 12.2. The SMILES string of the molecule is CC1c2ccccc2OC1C(=O)OCCOc1ccccc1C(N)=O. The summed E-state index contributed by atoms with van der Waals surface area (Å²) in [6.07, 6.45) is -0.657. The smallest absolute Gasteiger partial charge is 0.348 e. The zero-order valence-corrected chi connectivity index (χ0v) is 13.8. The van der Waals surface area contributed by atoms with Crippen LogP contribution < -0.4 is 15.2 Å². The molecule has 0 aliphatic carbocycles. The van der Waals surface area contributed by atoms with Crippen molar-refractivity contribution in [3.8, 4) is 11.5 Å². The van der Waals surface area contributed by atoms with E-state index in [0.717, 1.165) is 5.56 Å². The fraction of sp³-hybridized carbons (Fsp3) is 0.263. The topological polar surface area (TPSA) is 87.8 Å². The molecule has 0 fully saturated rings. The molecule has 3 rings (SSSR count). The predicted molar refractivity (Wildman–Crippen MR) is 90.7 cm³/mol. The molecule has 6 nitrogen and oxygen atoms in total. The number of para-hydroxylation sites is 2. The van der Waals surface area contributed by atoms with E-state index in [2.05, 4.69) is 0 Å². The number of rotatable bonds is 6. The van der Waals surface area contributed by atoms with Crippen molar-refractivity contribution in [2.45, 2.75) is 18.9 Å². The molecule has 0 radical (unpaired) electrons. The molecular formula is C19H19NO5. The Balaban J connectivity index is 1.51. The summed E-state index contributed by atoms with van der Waals surface area (Å²) in [5.41, 5.74) is 6.57. The Hall–Kier alpha value is -3.02. The second-order valence-corrected chi connectivity index (χ2v) is 5.74. The number of fused-ring (bicyclic) bond motifs is 1. The lowest BCUT2D eigenvalue weighted by Gasteiger charge is -2.15. The van der Waals surface area contributed by atoms with E-state index in [4.69, 9.17) is 19.9 Å². The molecule has 0 spiro atoms. The van der Waals surface area contributed by atoms with Crippen LogP contribution in [0.5, 0.6) is 11.5 Å². The fourth-order valence-corrected chi connectivity index (χ4v) is 2.79. The van der Waals surface area contributed by atoms with E-state index in [9.17, 15) is 9.59 Å². The highest BCUT2D eigenvalue weighted by Crippen LogP contribution is 2.37. The van der Waals surface area contributed by atoms with E-state index < -0.39 is 18.0 Å². The van der Waals surface area contributed by atoms with Crippen molar-refractivity contribution in [1.82, 2.24) is 0 Å². The van der Waals surface area contributed by atoms with Gasteiger partial charge in [-0.3, -0.25) is 4.79 Å². The summed E-state index contributed by atoms with van der Waals surface area (Å²) in [5, 5.41) is 0. The molecule has 130 valence electrons. The van der Waals surface area contributed by atoms with Crippen LogP contribution in [0.2, 0.25) is 0 Å². The minimum Gasteiger partial charge on any atom is -0.489 e. The zero-order chi connectivity index (χ0) is 17.8. The first-order valence-electron chi connectivity index (χ1n) is 8.02. The van der Waals surface area contributed by atoms with Crippen molar-refractivity contribution in [2.24, 2.45) is 5.73 Å². The van der Waals surface area contributed by atoms with Gasteiger partial charge in [-0.25, -0.2) is 4.79 Å². The molecule has 2 aromatic carbocycles. The normalized spacial score (nSPS) is 18.1. The van der Waals surface area contributed by atoms with Crippen LogP contribution in [0.3, 0.4) is 0 Å². The molecule has 0 aromatic heterocycles. The van der Waals surface area contributed by atoms with Crippen LogP contribution in [-0.2, 0) is 9.53 Å². The third-order valence-corrected chi connectivity index (χ3v) is 4.09. The number of nitrogens with two attached hydrogens (primary N) is 1. The Morgan fingerprint density at radius 3 is 2.56 bits per heavy atom. The molecule has 1 heterocycles. The van der Waals surface area contributed by atoms with Gasteiger partial charge in [0.2, 0.25) is 6.10 Å². The fourth-order valence-electron chi connectivity index (χ4n) is 2.79. The largest absolute Gasteiger partial charge is 0.489 e. The van der Waals surface area contributed by atoms with Gasteiger partial charge in [-0.1, -0.05) is 37.3 Å². The van der Waals surface area contributed by atoms with E-state index in [0.29, 0.717) is 11.5 Å². The Bertz CT molecular complexity index is 789. The van der Waals surface area contributed by atoms with E-state index in [1.54, 1.807) is 24.3 Å². The van der Waals surface area contributed by atoms with Crippen molar-refractivity contribution in [3.63, 3.8) is 0 Å². The third kappa shape index (κ3) is 3.57. The van der Waals surface area contributed by atoms with Crippen LogP contribution in [0.1, 0.15) is 28.8 Å². The number of ether oxygens (including phenoxy) is 3. The summed E-state index contributed by atoms with van der Waals surface area (Å²) >= 11 is 0. The van der Waals surface area contributed by atoms with Gasteiger partial charge in [-0.05, 0) is 18.2 Å². The van der Waals surface area contributed by atoms with Gasteiger partial charge in [-0.2, -0.15) is 0 Å². The molecule has 1 aliphatic rings. The highest BCUT2D eigenvalue weighted by molar-refractivity contribution is 5.95. The van der Waals surface area contributed by atoms with Gasteiger partial charge in [0.15, 0.2) is 0 Å². The lowest BCUT2D eigenvalue weighted by molar-refractivity contribution is -0.152. The summed E-state index contributed by atoms with van der Waals surface area (Å²) in [6, 6.07) is 14.2. The number of carbonyl (C=O) groups excluding carboxylic acids is 2. The molecule has 1 amide bonds. The van der Waals surface area contributed by atoms with Crippen molar-refractivity contribution in [3.05, 3.63) is 59.7 Å². The van der Waals surface area contributed by atoms with Gasteiger partial charge < -0.3 is 19.9 Å². The number of esters is 1. The van der Waals surface area contributed by atoms with Gasteiger partial charge in [0.25, 0.3) is 5.91 Å². The summed E-state index contributed by atoms with van der Waals surface area (Å²) in [5.74, 6) is 0.00163. The third-order valence-electron chi connectivity index (χ3n) is 4.09. The molecular weight excluding hydrogens is 322 g/mol. The quantitative estimate of drug-likeness (QED) is 0.643. The molecule has 2 unspecified atom stereocenters. The first-order chi connectivity index (χ1) is 12.1. The number of hydrogen-bond donors (Lipinski definition) is 1. The molecule has 1 aliphatic heterocycles. The molecule has 0 bridgehead atoms. The number of carbonyl (C=O) groups is 2. The molecule has 25 heavy (non-hydrogen) atoms. The number of benzene rings is 2. The number of hydrogen-bond acceptors (Lipinski definition) is 5. The van der Waals surface area contributed by atoms with E-state index in [1.165, 1.54) is 0 Å². The second kappa shape index (κ2) is 7.25. The van der Waals surface area contributed by atoms with Crippen molar-refractivity contribution in [2.75, 3.05) is 13.2 Å². The summed E-state index contributed by atoms with van der Waals surface area (Å²) in [6.45, 7) is 2.09. The lowest BCUT2D eigenvalue weighted by Crippen LogP contribution is -2.31. The molecule has 2 N–H and O–H groups in total. The maximum Gasteiger partial charge on any atom is 0.348 e. The molecule has 2 aromatic rings. The Labute approximate surface area is 145 Å². The standard InChI is InChI=1S/C19H19NO5/c1-12-13-6-2-5-9-16(13)25-17(12)19(22)24-11-10-23-15-8-4-3-7-14(15)18(20)21/h2-9,12,17H,10-11H2,1H3,(H2,20,21). The molecule has 0 saturated carbocycles. The highest BCUT2D eigenvalue weighted by Gasteiger charge is 2.37.